The highest BCUT2D eigenvalue weighted by Crippen LogP contribution is 2.27. The van der Waals surface area contributed by atoms with Crippen molar-refractivity contribution in [3.8, 4) is 0 Å². The summed E-state index contributed by atoms with van der Waals surface area (Å²) in [6.07, 6.45) is 1.85. The summed E-state index contributed by atoms with van der Waals surface area (Å²) in [6, 6.07) is 1.95. The Morgan fingerprint density at radius 2 is 1.48 bits per heavy atom. The minimum Gasteiger partial charge on any atom is -0.287 e. The fourth-order valence-corrected chi connectivity index (χ4v) is 2.62. The van der Waals surface area contributed by atoms with E-state index in [1.54, 1.807) is 0 Å². The van der Waals surface area contributed by atoms with Crippen molar-refractivity contribution in [3.05, 3.63) is 34.0 Å². The molecule has 0 unspecified atom stereocenters. The van der Waals surface area contributed by atoms with Gasteiger partial charge in [-0.3, -0.25) is 9.36 Å². The molecule has 0 saturated heterocycles. The lowest BCUT2D eigenvalue weighted by Crippen LogP contribution is -2.39. The molecular weight excluding hydrogens is 286 g/mol. The Morgan fingerprint density at radius 1 is 0.913 bits per heavy atom. The summed E-state index contributed by atoms with van der Waals surface area (Å²) in [4.78, 5) is 22.4. The van der Waals surface area contributed by atoms with Gasteiger partial charge < -0.3 is 0 Å². The van der Waals surface area contributed by atoms with Gasteiger partial charge in [0.25, 0.3) is 5.56 Å². The fraction of sp³-hybridized carbons (Fsp3) is 0.632. The van der Waals surface area contributed by atoms with Gasteiger partial charge in [0.15, 0.2) is 0 Å². The van der Waals surface area contributed by atoms with Crippen molar-refractivity contribution in [2.45, 2.75) is 78.7 Å². The molecule has 2 heterocycles. The van der Waals surface area contributed by atoms with Crippen LogP contribution in [0.4, 0.5) is 0 Å². The van der Waals surface area contributed by atoms with E-state index in [0.29, 0.717) is 0 Å². The first-order valence-corrected chi connectivity index (χ1v) is 8.17. The standard InChI is InChI=1S/C19H29N3O/c1-17(2,3)13-10-12-11-20-16(18(4,5)6)21-14(12)22(15(13)23)19(7,8)9/h10-11H,1-9H3. The van der Waals surface area contributed by atoms with E-state index in [0.717, 1.165) is 22.4 Å². The Bertz CT molecular complexity index is 797. The molecule has 0 aromatic carbocycles. The van der Waals surface area contributed by atoms with Gasteiger partial charge in [0.05, 0.1) is 0 Å². The first-order valence-electron chi connectivity index (χ1n) is 8.17. The predicted octanol–water partition coefficient (Wildman–Crippen LogP) is 4.14. The zero-order chi connectivity index (χ0) is 17.8. The number of fused-ring (bicyclic) bond motifs is 1. The van der Waals surface area contributed by atoms with E-state index in [2.05, 4.69) is 46.5 Å². The molecule has 0 amide bonds. The quantitative estimate of drug-likeness (QED) is 0.734. The van der Waals surface area contributed by atoms with E-state index >= 15 is 0 Å². The minimum absolute atomic E-state index is 0.0380. The van der Waals surface area contributed by atoms with Crippen molar-refractivity contribution in [1.82, 2.24) is 14.5 Å². The second-order valence-electron chi connectivity index (χ2n) is 9.34. The first kappa shape index (κ1) is 17.6. The number of nitrogens with zero attached hydrogens (tertiary/aromatic N) is 3. The van der Waals surface area contributed by atoms with Gasteiger partial charge >= 0.3 is 0 Å². The molecule has 0 bridgehead atoms. The molecule has 0 spiro atoms. The summed E-state index contributed by atoms with van der Waals surface area (Å²) in [5.41, 5.74) is 0.829. The number of hydrogen-bond acceptors (Lipinski definition) is 3. The van der Waals surface area contributed by atoms with Gasteiger partial charge in [-0.05, 0) is 32.3 Å². The Hall–Kier alpha value is -1.71. The molecular formula is C19H29N3O. The third-order valence-corrected chi connectivity index (χ3v) is 3.89. The van der Waals surface area contributed by atoms with Crippen LogP contribution in [0.15, 0.2) is 17.1 Å². The number of pyridine rings is 1. The summed E-state index contributed by atoms with van der Waals surface area (Å²) < 4.78 is 1.82. The summed E-state index contributed by atoms with van der Waals surface area (Å²) in [5.74, 6) is 0.755. The van der Waals surface area contributed by atoms with E-state index in [-0.39, 0.29) is 21.9 Å². The first-order chi connectivity index (χ1) is 10.2. The van der Waals surface area contributed by atoms with Crippen LogP contribution in [0.5, 0.6) is 0 Å². The smallest absolute Gasteiger partial charge is 0.256 e. The van der Waals surface area contributed by atoms with Crippen LogP contribution in [0, 0.1) is 0 Å². The molecule has 0 aliphatic heterocycles. The monoisotopic (exact) mass is 315 g/mol. The van der Waals surface area contributed by atoms with Crippen LogP contribution < -0.4 is 5.56 Å². The summed E-state index contributed by atoms with van der Waals surface area (Å²) in [5, 5.41) is 0.914. The van der Waals surface area contributed by atoms with Crippen LogP contribution in [0.25, 0.3) is 11.0 Å². The van der Waals surface area contributed by atoms with Crippen molar-refractivity contribution in [2.24, 2.45) is 0 Å². The third-order valence-electron chi connectivity index (χ3n) is 3.89. The summed E-state index contributed by atoms with van der Waals surface area (Å²) in [7, 11) is 0. The maximum atomic E-state index is 13.1. The van der Waals surface area contributed by atoms with Crippen molar-refractivity contribution < 1.29 is 0 Å². The minimum atomic E-state index is -0.347. The number of aromatic nitrogens is 3. The molecule has 0 aliphatic rings. The fourth-order valence-electron chi connectivity index (χ4n) is 2.62. The van der Waals surface area contributed by atoms with E-state index in [9.17, 15) is 4.79 Å². The van der Waals surface area contributed by atoms with Crippen LogP contribution >= 0.6 is 0 Å². The Balaban J connectivity index is 2.98. The molecule has 4 heteroatoms. The molecule has 0 radical (unpaired) electrons. The lowest BCUT2D eigenvalue weighted by molar-refractivity contribution is 0.388. The molecule has 2 aromatic heterocycles. The van der Waals surface area contributed by atoms with Gasteiger partial charge in [-0.1, -0.05) is 41.5 Å². The van der Waals surface area contributed by atoms with Crippen molar-refractivity contribution >= 4 is 11.0 Å². The van der Waals surface area contributed by atoms with Crippen LogP contribution in [0.2, 0.25) is 0 Å². The third kappa shape index (κ3) is 3.31. The van der Waals surface area contributed by atoms with E-state index in [1.807, 2.05) is 37.6 Å². The van der Waals surface area contributed by atoms with Crippen LogP contribution in [-0.2, 0) is 16.4 Å². The van der Waals surface area contributed by atoms with Crippen LogP contribution in [0.1, 0.15) is 73.7 Å². The van der Waals surface area contributed by atoms with Crippen molar-refractivity contribution in [3.63, 3.8) is 0 Å². The molecule has 0 atom stereocenters. The van der Waals surface area contributed by atoms with Gasteiger partial charge in [0.2, 0.25) is 0 Å². The SMILES string of the molecule is CC(C)(C)c1ncc2cc(C(C)(C)C)c(=O)n(C(C)(C)C)c2n1. The summed E-state index contributed by atoms with van der Waals surface area (Å²) >= 11 is 0. The molecule has 23 heavy (non-hydrogen) atoms. The highest BCUT2D eigenvalue weighted by Gasteiger charge is 2.27. The van der Waals surface area contributed by atoms with Gasteiger partial charge in [-0.15, -0.1) is 0 Å². The predicted molar refractivity (Wildman–Crippen MR) is 96.2 cm³/mol. The molecule has 0 aliphatic carbocycles. The zero-order valence-electron chi connectivity index (χ0n) is 15.9. The van der Waals surface area contributed by atoms with E-state index in [4.69, 9.17) is 4.98 Å². The van der Waals surface area contributed by atoms with Gasteiger partial charge in [0.1, 0.15) is 11.5 Å². The lowest BCUT2D eigenvalue weighted by atomic mass is 9.87. The van der Waals surface area contributed by atoms with Crippen molar-refractivity contribution in [2.75, 3.05) is 0 Å². The highest BCUT2D eigenvalue weighted by atomic mass is 16.1. The normalized spacial score (nSPS) is 13.6. The lowest BCUT2D eigenvalue weighted by Gasteiger charge is -2.28. The molecule has 126 valence electrons. The second kappa shape index (κ2) is 5.15. The second-order valence-corrected chi connectivity index (χ2v) is 9.34. The maximum Gasteiger partial charge on any atom is 0.256 e. The molecule has 4 nitrogen and oxygen atoms in total. The number of hydrogen-bond donors (Lipinski definition) is 0. The van der Waals surface area contributed by atoms with E-state index < -0.39 is 0 Å². The number of rotatable bonds is 0. The molecule has 0 saturated carbocycles. The van der Waals surface area contributed by atoms with Crippen molar-refractivity contribution in [1.29, 1.82) is 0 Å². The van der Waals surface area contributed by atoms with E-state index in [1.165, 1.54) is 0 Å². The molecule has 0 N–H and O–H groups in total. The molecule has 2 rings (SSSR count). The van der Waals surface area contributed by atoms with Gasteiger partial charge in [0, 0.05) is 28.1 Å². The maximum absolute atomic E-state index is 13.1. The Labute approximate surface area is 139 Å². The van der Waals surface area contributed by atoms with Crippen LogP contribution in [-0.4, -0.2) is 14.5 Å². The van der Waals surface area contributed by atoms with Gasteiger partial charge in [-0.2, -0.15) is 0 Å². The zero-order valence-corrected chi connectivity index (χ0v) is 15.9. The van der Waals surface area contributed by atoms with Crippen LogP contribution in [0.3, 0.4) is 0 Å². The van der Waals surface area contributed by atoms with Gasteiger partial charge in [-0.25, -0.2) is 9.97 Å². The Morgan fingerprint density at radius 3 is 1.91 bits per heavy atom. The molecule has 2 aromatic rings. The topological polar surface area (TPSA) is 47.8 Å². The highest BCUT2D eigenvalue weighted by molar-refractivity contribution is 5.75. The Kier molecular flexibility index (Phi) is 3.95. The summed E-state index contributed by atoms with van der Waals surface area (Å²) in [6.45, 7) is 18.6. The average Bonchev–Trinajstić information content (AvgIpc) is 2.33. The average molecular weight is 315 g/mol. The largest absolute Gasteiger partial charge is 0.287 e. The molecule has 0 fully saturated rings.